The summed E-state index contributed by atoms with van der Waals surface area (Å²) in [5, 5.41) is 3.16. The molecule has 5 nitrogen and oxygen atoms in total. The molecule has 0 amide bonds. The summed E-state index contributed by atoms with van der Waals surface area (Å²) >= 11 is 0. The Morgan fingerprint density at radius 3 is 2.37 bits per heavy atom. The first-order valence-electron chi connectivity index (χ1n) is 6.62. The molecule has 0 saturated carbocycles. The predicted molar refractivity (Wildman–Crippen MR) is 75.7 cm³/mol. The second-order valence-electron chi connectivity index (χ2n) is 4.63. The second kappa shape index (κ2) is 6.54. The molecule has 110 valence electrons. The van der Waals surface area contributed by atoms with Crippen molar-refractivity contribution < 1.29 is 12.8 Å². The van der Waals surface area contributed by atoms with Gasteiger partial charge in [0.05, 0.1) is 0 Å². The molecule has 6 heteroatoms. The monoisotopic (exact) mass is 288 g/mol. The van der Waals surface area contributed by atoms with Crippen LogP contribution in [0.3, 0.4) is 0 Å². The van der Waals surface area contributed by atoms with Crippen LogP contribution in [0.2, 0.25) is 0 Å². The summed E-state index contributed by atoms with van der Waals surface area (Å²) in [7, 11) is -1.86. The zero-order valence-corrected chi connectivity index (χ0v) is 13.2. The maximum absolute atomic E-state index is 12.6. The van der Waals surface area contributed by atoms with E-state index in [1.807, 2.05) is 13.8 Å². The molecule has 1 aromatic heterocycles. The van der Waals surface area contributed by atoms with Crippen molar-refractivity contribution in [2.24, 2.45) is 0 Å². The Morgan fingerprint density at radius 2 is 1.84 bits per heavy atom. The lowest BCUT2D eigenvalue weighted by molar-refractivity contribution is 0.461. The van der Waals surface area contributed by atoms with E-state index in [1.54, 1.807) is 20.9 Å². The van der Waals surface area contributed by atoms with Gasteiger partial charge in [0, 0.05) is 25.7 Å². The molecular weight excluding hydrogens is 264 g/mol. The van der Waals surface area contributed by atoms with Crippen LogP contribution in [-0.4, -0.2) is 32.9 Å². The lowest BCUT2D eigenvalue weighted by Gasteiger charge is -2.17. The summed E-state index contributed by atoms with van der Waals surface area (Å²) in [6, 6.07) is 0. The summed E-state index contributed by atoms with van der Waals surface area (Å²) in [6.07, 6.45) is 0.786. The van der Waals surface area contributed by atoms with Crippen LogP contribution in [0.1, 0.15) is 37.4 Å². The van der Waals surface area contributed by atoms with Gasteiger partial charge in [0.25, 0.3) is 0 Å². The molecule has 0 aliphatic heterocycles. The number of hydrogen-bond acceptors (Lipinski definition) is 4. The first kappa shape index (κ1) is 16.2. The smallest absolute Gasteiger partial charge is 0.246 e. The third-order valence-corrected chi connectivity index (χ3v) is 5.14. The molecule has 0 bridgehead atoms. The highest BCUT2D eigenvalue weighted by Gasteiger charge is 2.29. The van der Waals surface area contributed by atoms with E-state index in [9.17, 15) is 8.42 Å². The van der Waals surface area contributed by atoms with Gasteiger partial charge >= 0.3 is 0 Å². The summed E-state index contributed by atoms with van der Waals surface area (Å²) in [5.41, 5.74) is 0.738. The van der Waals surface area contributed by atoms with Crippen LogP contribution in [-0.2, 0) is 16.6 Å². The zero-order chi connectivity index (χ0) is 14.6. The fraction of sp³-hybridized carbons (Fsp3) is 0.692. The van der Waals surface area contributed by atoms with E-state index in [0.717, 1.165) is 18.5 Å². The number of sulfonamides is 1. The molecule has 0 radical (unpaired) electrons. The van der Waals surface area contributed by atoms with E-state index in [-0.39, 0.29) is 0 Å². The number of hydrogen-bond donors (Lipinski definition) is 1. The quantitative estimate of drug-likeness (QED) is 0.834. The van der Waals surface area contributed by atoms with Gasteiger partial charge in [-0.1, -0.05) is 13.8 Å². The molecule has 1 rings (SSSR count). The molecule has 1 N–H and O–H groups in total. The number of rotatable bonds is 7. The SMILES string of the molecule is CCCN(C)S(=O)(=O)c1c(C)oc(C)c1CNCC. The molecule has 0 fully saturated rings. The van der Waals surface area contributed by atoms with Gasteiger partial charge in [-0.05, 0) is 26.8 Å². The summed E-state index contributed by atoms with van der Waals surface area (Å²) < 4.78 is 32.1. The average Bonchev–Trinajstić information content (AvgIpc) is 2.61. The normalized spacial score (nSPS) is 12.3. The van der Waals surface area contributed by atoms with Crippen LogP contribution in [0.15, 0.2) is 9.31 Å². The lowest BCUT2D eigenvalue weighted by Crippen LogP contribution is -2.29. The summed E-state index contributed by atoms with van der Waals surface area (Å²) in [6.45, 7) is 9.25. The third-order valence-electron chi connectivity index (χ3n) is 3.08. The van der Waals surface area contributed by atoms with Crippen LogP contribution >= 0.6 is 0 Å². The maximum Gasteiger partial charge on any atom is 0.246 e. The minimum atomic E-state index is -3.47. The molecule has 0 spiro atoms. The average molecular weight is 288 g/mol. The Labute approximate surface area is 116 Å². The fourth-order valence-electron chi connectivity index (χ4n) is 2.09. The molecule has 1 heterocycles. The molecule has 0 aliphatic carbocycles. The number of furan rings is 1. The van der Waals surface area contributed by atoms with Gasteiger partial charge < -0.3 is 9.73 Å². The van der Waals surface area contributed by atoms with Crippen molar-refractivity contribution in [3.63, 3.8) is 0 Å². The summed E-state index contributed by atoms with van der Waals surface area (Å²) in [5.74, 6) is 1.13. The topological polar surface area (TPSA) is 62.6 Å². The lowest BCUT2D eigenvalue weighted by atomic mass is 10.2. The van der Waals surface area contributed by atoms with Gasteiger partial charge in [0.2, 0.25) is 10.0 Å². The number of aryl methyl sites for hydroxylation is 2. The van der Waals surface area contributed by atoms with Crippen molar-refractivity contribution in [3.05, 3.63) is 17.1 Å². The molecule has 0 unspecified atom stereocenters. The van der Waals surface area contributed by atoms with Crippen LogP contribution in [0.5, 0.6) is 0 Å². The molecular formula is C13H24N2O3S. The van der Waals surface area contributed by atoms with E-state index < -0.39 is 10.0 Å². The Bertz CT molecular complexity index is 520. The van der Waals surface area contributed by atoms with Gasteiger partial charge in [-0.3, -0.25) is 0 Å². The first-order valence-corrected chi connectivity index (χ1v) is 8.06. The molecule has 0 aliphatic rings. The van der Waals surface area contributed by atoms with Crippen molar-refractivity contribution in [2.75, 3.05) is 20.1 Å². The standard InChI is InChI=1S/C13H24N2O3S/c1-6-8-15(5)19(16,17)13-11(4)18-10(3)12(13)9-14-7-2/h14H,6-9H2,1-5H3. The molecule has 1 aromatic rings. The van der Waals surface area contributed by atoms with Gasteiger partial charge in [0.15, 0.2) is 0 Å². The van der Waals surface area contributed by atoms with Crippen LogP contribution in [0.4, 0.5) is 0 Å². The van der Waals surface area contributed by atoms with E-state index in [4.69, 9.17) is 4.42 Å². The van der Waals surface area contributed by atoms with Gasteiger partial charge in [-0.2, -0.15) is 0 Å². The van der Waals surface area contributed by atoms with E-state index in [0.29, 0.717) is 29.5 Å². The van der Waals surface area contributed by atoms with E-state index >= 15 is 0 Å². The highest BCUT2D eigenvalue weighted by molar-refractivity contribution is 7.89. The largest absolute Gasteiger partial charge is 0.465 e. The first-order chi connectivity index (χ1) is 8.86. The van der Waals surface area contributed by atoms with Crippen LogP contribution in [0, 0.1) is 13.8 Å². The molecule has 0 aromatic carbocycles. The minimum Gasteiger partial charge on any atom is -0.465 e. The van der Waals surface area contributed by atoms with E-state index in [2.05, 4.69) is 5.32 Å². The minimum absolute atomic E-state index is 0.321. The van der Waals surface area contributed by atoms with Crippen molar-refractivity contribution in [3.8, 4) is 0 Å². The molecule has 0 atom stereocenters. The van der Waals surface area contributed by atoms with E-state index in [1.165, 1.54) is 4.31 Å². The highest BCUT2D eigenvalue weighted by atomic mass is 32.2. The Hall–Kier alpha value is -0.850. The molecule has 19 heavy (non-hydrogen) atoms. The third kappa shape index (κ3) is 3.38. The Morgan fingerprint density at radius 1 is 1.21 bits per heavy atom. The van der Waals surface area contributed by atoms with Crippen molar-refractivity contribution >= 4 is 10.0 Å². The fourth-order valence-corrected chi connectivity index (χ4v) is 3.76. The number of nitrogens with zero attached hydrogens (tertiary/aromatic N) is 1. The maximum atomic E-state index is 12.6. The molecule has 0 saturated heterocycles. The second-order valence-corrected chi connectivity index (χ2v) is 6.61. The van der Waals surface area contributed by atoms with Crippen molar-refractivity contribution in [1.29, 1.82) is 0 Å². The Kier molecular flexibility index (Phi) is 5.58. The number of nitrogens with one attached hydrogen (secondary N) is 1. The van der Waals surface area contributed by atoms with Crippen LogP contribution in [0.25, 0.3) is 0 Å². The van der Waals surface area contributed by atoms with Crippen molar-refractivity contribution in [2.45, 2.75) is 45.6 Å². The predicted octanol–water partition coefficient (Wildman–Crippen LogP) is 2.04. The summed E-state index contributed by atoms with van der Waals surface area (Å²) in [4.78, 5) is 0.321. The Balaban J connectivity index is 3.25. The van der Waals surface area contributed by atoms with Gasteiger partial charge in [0.1, 0.15) is 16.4 Å². The van der Waals surface area contributed by atoms with Crippen molar-refractivity contribution in [1.82, 2.24) is 9.62 Å². The van der Waals surface area contributed by atoms with Crippen LogP contribution < -0.4 is 5.32 Å². The zero-order valence-electron chi connectivity index (χ0n) is 12.4. The van der Waals surface area contributed by atoms with Gasteiger partial charge in [-0.15, -0.1) is 0 Å². The van der Waals surface area contributed by atoms with Gasteiger partial charge in [-0.25, -0.2) is 12.7 Å². The highest BCUT2D eigenvalue weighted by Crippen LogP contribution is 2.28.